The Morgan fingerprint density at radius 2 is 2.24 bits per heavy atom. The molecule has 0 heterocycles. The molecule has 1 N–H and O–H groups in total. The molecular formula is C13H13BrFNO. The van der Waals surface area contributed by atoms with Crippen molar-refractivity contribution < 1.29 is 9.18 Å². The number of hydrogen-bond acceptors (Lipinski definition) is 1. The number of benzene rings is 1. The minimum absolute atomic E-state index is 0.195. The monoisotopic (exact) mass is 297 g/mol. The number of unbranched alkanes of at least 4 members (excludes halogenated alkanes) is 2. The fourth-order valence-electron chi connectivity index (χ4n) is 1.33. The summed E-state index contributed by atoms with van der Waals surface area (Å²) in [5, 5.41) is 2.72. The number of hydrogen-bond donors (Lipinski definition) is 1. The van der Waals surface area contributed by atoms with Gasteiger partial charge in [0.05, 0.1) is 10.0 Å². The summed E-state index contributed by atoms with van der Waals surface area (Å²) < 4.78 is 13.4. The van der Waals surface area contributed by atoms with E-state index in [1.807, 2.05) is 0 Å². The molecule has 2 nitrogen and oxygen atoms in total. The Morgan fingerprint density at radius 1 is 1.47 bits per heavy atom. The van der Waals surface area contributed by atoms with E-state index < -0.39 is 5.82 Å². The van der Waals surface area contributed by atoms with Crippen molar-refractivity contribution in [2.45, 2.75) is 19.3 Å². The van der Waals surface area contributed by atoms with Gasteiger partial charge < -0.3 is 5.32 Å². The van der Waals surface area contributed by atoms with E-state index in [0.717, 1.165) is 12.8 Å². The van der Waals surface area contributed by atoms with Crippen LogP contribution in [-0.4, -0.2) is 12.5 Å². The van der Waals surface area contributed by atoms with Crippen LogP contribution in [0.2, 0.25) is 0 Å². The number of rotatable bonds is 5. The minimum atomic E-state index is -0.440. The Balaban J connectivity index is 2.48. The highest BCUT2D eigenvalue weighted by Gasteiger charge is 2.11. The van der Waals surface area contributed by atoms with Gasteiger partial charge in [-0.25, -0.2) is 4.39 Å². The van der Waals surface area contributed by atoms with Gasteiger partial charge >= 0.3 is 0 Å². The second kappa shape index (κ2) is 7.08. The molecule has 1 amide bonds. The van der Waals surface area contributed by atoms with E-state index in [4.69, 9.17) is 6.42 Å². The Hall–Kier alpha value is -1.34. The molecule has 90 valence electrons. The van der Waals surface area contributed by atoms with E-state index in [2.05, 4.69) is 27.2 Å². The van der Waals surface area contributed by atoms with Gasteiger partial charge in [0.1, 0.15) is 5.82 Å². The van der Waals surface area contributed by atoms with Crippen LogP contribution >= 0.6 is 15.9 Å². The van der Waals surface area contributed by atoms with Crippen LogP contribution in [0.15, 0.2) is 22.7 Å². The highest BCUT2D eigenvalue weighted by atomic mass is 79.9. The molecule has 0 spiro atoms. The number of carbonyl (C=O) groups is 1. The zero-order chi connectivity index (χ0) is 12.7. The van der Waals surface area contributed by atoms with Crippen molar-refractivity contribution in [3.8, 4) is 12.3 Å². The highest BCUT2D eigenvalue weighted by Crippen LogP contribution is 2.20. The third-order valence-corrected chi connectivity index (χ3v) is 3.04. The molecule has 0 bridgehead atoms. The molecule has 0 aliphatic carbocycles. The number of amides is 1. The fourth-order valence-corrected chi connectivity index (χ4v) is 1.77. The molecule has 0 aliphatic heterocycles. The van der Waals surface area contributed by atoms with Crippen LogP contribution in [0.3, 0.4) is 0 Å². The summed E-state index contributed by atoms with van der Waals surface area (Å²) in [6.07, 6.45) is 7.52. The second-order valence-electron chi connectivity index (χ2n) is 3.52. The maximum Gasteiger partial charge on any atom is 0.252 e. The summed E-state index contributed by atoms with van der Waals surface area (Å²) in [4.78, 5) is 11.7. The lowest BCUT2D eigenvalue weighted by molar-refractivity contribution is 0.0951. The summed E-state index contributed by atoms with van der Waals surface area (Å²) in [6.45, 7) is 0.545. The molecule has 0 atom stereocenters. The maximum atomic E-state index is 13.2. The highest BCUT2D eigenvalue weighted by molar-refractivity contribution is 9.10. The predicted octanol–water partition coefficient (Wildman–Crippen LogP) is 3.12. The van der Waals surface area contributed by atoms with Gasteiger partial charge in [0.15, 0.2) is 0 Å². The van der Waals surface area contributed by atoms with E-state index in [9.17, 15) is 9.18 Å². The predicted molar refractivity (Wildman–Crippen MR) is 69.1 cm³/mol. The first-order valence-electron chi connectivity index (χ1n) is 5.32. The number of carbonyl (C=O) groups excluding carboxylic acids is 1. The van der Waals surface area contributed by atoms with Crippen LogP contribution in [-0.2, 0) is 0 Å². The van der Waals surface area contributed by atoms with Crippen molar-refractivity contribution in [1.29, 1.82) is 0 Å². The van der Waals surface area contributed by atoms with E-state index in [0.29, 0.717) is 18.5 Å². The molecule has 4 heteroatoms. The second-order valence-corrected chi connectivity index (χ2v) is 4.31. The molecular weight excluding hydrogens is 285 g/mol. The molecule has 0 aromatic heterocycles. The minimum Gasteiger partial charge on any atom is -0.352 e. The average molecular weight is 298 g/mol. The fraction of sp³-hybridized carbons (Fsp3) is 0.308. The van der Waals surface area contributed by atoms with Crippen LogP contribution < -0.4 is 5.32 Å². The number of halogens is 2. The molecule has 0 radical (unpaired) electrons. The molecule has 1 aromatic carbocycles. The summed E-state index contributed by atoms with van der Waals surface area (Å²) >= 11 is 3.05. The van der Waals surface area contributed by atoms with Crippen molar-refractivity contribution in [2.75, 3.05) is 6.54 Å². The van der Waals surface area contributed by atoms with Crippen LogP contribution in [0.4, 0.5) is 4.39 Å². The third-order valence-electron chi connectivity index (χ3n) is 2.23. The van der Waals surface area contributed by atoms with Gasteiger partial charge in [-0.1, -0.05) is 6.07 Å². The normalized spacial score (nSPS) is 9.71. The lowest BCUT2D eigenvalue weighted by atomic mass is 10.2. The zero-order valence-corrected chi connectivity index (χ0v) is 10.9. The third kappa shape index (κ3) is 4.20. The first kappa shape index (κ1) is 13.7. The Kier molecular flexibility index (Phi) is 5.71. The summed E-state index contributed by atoms with van der Waals surface area (Å²) in [7, 11) is 0. The molecule has 0 saturated carbocycles. The summed E-state index contributed by atoms with van der Waals surface area (Å²) in [6, 6.07) is 4.38. The molecule has 0 unspecified atom stereocenters. The Morgan fingerprint density at radius 3 is 2.94 bits per heavy atom. The standard InChI is InChI=1S/C13H13BrFNO/c1-2-3-4-5-9-16-13(17)10-7-6-8-11(15)12(10)14/h1,6-8H,3-5,9H2,(H,16,17). The van der Waals surface area contributed by atoms with Gasteiger partial charge in [0, 0.05) is 13.0 Å². The lowest BCUT2D eigenvalue weighted by Crippen LogP contribution is -2.24. The van der Waals surface area contributed by atoms with Gasteiger partial charge in [-0.3, -0.25) is 4.79 Å². The Labute approximate surface area is 109 Å². The van der Waals surface area contributed by atoms with Crippen molar-refractivity contribution in [3.63, 3.8) is 0 Å². The SMILES string of the molecule is C#CCCCCNC(=O)c1cccc(F)c1Br. The smallest absolute Gasteiger partial charge is 0.252 e. The molecule has 1 aromatic rings. The molecule has 0 aliphatic rings. The van der Waals surface area contributed by atoms with Crippen LogP contribution in [0.25, 0.3) is 0 Å². The van der Waals surface area contributed by atoms with Gasteiger partial charge in [0.25, 0.3) is 5.91 Å². The van der Waals surface area contributed by atoms with Crippen molar-refractivity contribution in [1.82, 2.24) is 5.32 Å². The van der Waals surface area contributed by atoms with E-state index >= 15 is 0 Å². The van der Waals surface area contributed by atoms with Gasteiger partial charge in [-0.15, -0.1) is 12.3 Å². The topological polar surface area (TPSA) is 29.1 Å². The number of terminal acetylenes is 1. The van der Waals surface area contributed by atoms with Gasteiger partial charge in [0.2, 0.25) is 0 Å². The summed E-state index contributed by atoms with van der Waals surface area (Å²) in [5.41, 5.74) is 0.307. The zero-order valence-electron chi connectivity index (χ0n) is 9.30. The Bertz CT molecular complexity index is 440. The van der Waals surface area contributed by atoms with E-state index in [1.165, 1.54) is 12.1 Å². The molecule has 0 fully saturated rings. The maximum absolute atomic E-state index is 13.2. The molecule has 0 saturated heterocycles. The quantitative estimate of drug-likeness (QED) is 0.657. The van der Waals surface area contributed by atoms with Crippen molar-refractivity contribution in [2.24, 2.45) is 0 Å². The number of nitrogens with one attached hydrogen (secondary N) is 1. The molecule has 17 heavy (non-hydrogen) atoms. The first-order chi connectivity index (χ1) is 8.16. The van der Waals surface area contributed by atoms with Gasteiger partial charge in [-0.05, 0) is 40.9 Å². The van der Waals surface area contributed by atoms with E-state index in [-0.39, 0.29) is 10.4 Å². The summed E-state index contributed by atoms with van der Waals surface area (Å²) in [5.74, 6) is 1.81. The van der Waals surface area contributed by atoms with Gasteiger partial charge in [-0.2, -0.15) is 0 Å². The average Bonchev–Trinajstić information content (AvgIpc) is 2.32. The van der Waals surface area contributed by atoms with Crippen LogP contribution in [0.5, 0.6) is 0 Å². The van der Waals surface area contributed by atoms with E-state index in [1.54, 1.807) is 6.07 Å². The molecule has 1 rings (SSSR count). The van der Waals surface area contributed by atoms with Crippen molar-refractivity contribution >= 4 is 21.8 Å². The van der Waals surface area contributed by atoms with Crippen molar-refractivity contribution in [3.05, 3.63) is 34.1 Å². The van der Waals surface area contributed by atoms with Crippen LogP contribution in [0, 0.1) is 18.2 Å². The lowest BCUT2D eigenvalue weighted by Gasteiger charge is -2.06. The largest absolute Gasteiger partial charge is 0.352 e. The first-order valence-corrected chi connectivity index (χ1v) is 6.11. The van der Waals surface area contributed by atoms with Crippen LogP contribution in [0.1, 0.15) is 29.6 Å².